The van der Waals surface area contributed by atoms with Crippen molar-refractivity contribution in [1.29, 1.82) is 0 Å². The van der Waals surface area contributed by atoms with Crippen LogP contribution in [0.2, 0.25) is 0 Å². The number of alkyl halides is 1. The average molecular weight is 474 g/mol. The van der Waals surface area contributed by atoms with E-state index >= 15 is 0 Å². The fourth-order valence-corrected chi connectivity index (χ4v) is 9.86. The zero-order valence-electron chi connectivity index (χ0n) is 20.0. The molecule has 1 aromatic heterocycles. The number of benzene rings is 1. The van der Waals surface area contributed by atoms with Gasteiger partial charge in [-0.15, -0.1) is 0 Å². The molecule has 182 valence electrons. The van der Waals surface area contributed by atoms with Gasteiger partial charge in [0.1, 0.15) is 11.6 Å². The number of amides is 1. The molecule has 9 rings (SSSR count). The number of carbonyl (C=O) groups excluding carboxylic acids is 1. The molecule has 6 saturated carbocycles. The van der Waals surface area contributed by atoms with Gasteiger partial charge in [0.25, 0.3) is 0 Å². The molecule has 6 nitrogen and oxygen atoms in total. The van der Waals surface area contributed by atoms with Crippen LogP contribution in [0.25, 0.3) is 0 Å². The first-order valence-corrected chi connectivity index (χ1v) is 13.1. The number of para-hydroxylation sites is 2. The molecule has 1 aromatic carbocycles. The Morgan fingerprint density at radius 1 is 1.03 bits per heavy atom. The van der Waals surface area contributed by atoms with Gasteiger partial charge in [0.2, 0.25) is 5.91 Å². The van der Waals surface area contributed by atoms with Crippen LogP contribution in [0.15, 0.2) is 48.7 Å². The van der Waals surface area contributed by atoms with E-state index in [2.05, 4.69) is 26.9 Å². The van der Waals surface area contributed by atoms with Gasteiger partial charge in [0.05, 0.1) is 24.9 Å². The molecular weight excluding hydrogens is 442 g/mol. The van der Waals surface area contributed by atoms with Gasteiger partial charge in [-0.2, -0.15) is 0 Å². The van der Waals surface area contributed by atoms with Crippen LogP contribution in [0.1, 0.15) is 0 Å². The summed E-state index contributed by atoms with van der Waals surface area (Å²) >= 11 is 0. The summed E-state index contributed by atoms with van der Waals surface area (Å²) < 4.78 is 19.3. The highest BCUT2D eigenvalue weighted by Crippen LogP contribution is 3.10. The Morgan fingerprint density at radius 3 is 2.34 bits per heavy atom. The van der Waals surface area contributed by atoms with E-state index in [9.17, 15) is 9.18 Å². The number of anilines is 2. The zero-order valence-corrected chi connectivity index (χ0v) is 20.0. The van der Waals surface area contributed by atoms with Crippen LogP contribution in [0, 0.1) is 46.3 Å². The number of piperazine rings is 1. The van der Waals surface area contributed by atoms with Gasteiger partial charge in [-0.05, 0) is 59.8 Å². The topological polar surface area (TPSA) is 48.9 Å². The highest BCUT2D eigenvalue weighted by atomic mass is 18.2. The van der Waals surface area contributed by atoms with E-state index in [0.717, 1.165) is 50.0 Å². The number of pyridine rings is 1. The van der Waals surface area contributed by atoms with E-state index in [4.69, 9.17) is 4.74 Å². The number of methoxy groups -OCH3 is 1. The van der Waals surface area contributed by atoms with E-state index in [1.807, 2.05) is 35.2 Å². The molecule has 35 heavy (non-hydrogen) atoms. The maximum Gasteiger partial charge on any atom is 0.235 e. The molecule has 0 unspecified atom stereocenters. The first kappa shape index (κ1) is 20.5. The fourth-order valence-electron chi connectivity index (χ4n) is 9.86. The quantitative estimate of drug-likeness (QED) is 0.590. The van der Waals surface area contributed by atoms with Gasteiger partial charge in [-0.25, -0.2) is 4.98 Å². The Balaban J connectivity index is 0.958. The monoisotopic (exact) mass is 473 g/mol. The lowest BCUT2D eigenvalue weighted by Gasteiger charge is -3.10. The summed E-state index contributed by atoms with van der Waals surface area (Å²) in [7, 11) is 1.72. The summed E-state index contributed by atoms with van der Waals surface area (Å²) in [6, 6.07) is 14.0. The highest BCUT2D eigenvalue weighted by Gasteiger charge is 3.11. The number of rotatable bonds is 8. The van der Waals surface area contributed by atoms with E-state index in [1.54, 1.807) is 13.3 Å². The van der Waals surface area contributed by atoms with E-state index in [0.29, 0.717) is 42.1 Å². The predicted octanol–water partition coefficient (Wildman–Crippen LogP) is 2.95. The molecule has 1 saturated heterocycles. The lowest BCUT2D eigenvalue weighted by molar-refractivity contribution is -0.641. The second kappa shape index (κ2) is 6.75. The molecule has 0 bridgehead atoms. The number of nitrogens with zero attached hydrogens (tertiary/aromatic N) is 4. The van der Waals surface area contributed by atoms with Crippen LogP contribution < -0.4 is 14.5 Å². The number of hydrogen-bond donors (Lipinski definition) is 0. The normalized spacial score (nSPS) is 40.9. The van der Waals surface area contributed by atoms with Gasteiger partial charge in [0, 0.05) is 50.9 Å². The van der Waals surface area contributed by atoms with Crippen LogP contribution in [-0.4, -0.2) is 68.8 Å². The van der Waals surface area contributed by atoms with Crippen LogP contribution in [0.3, 0.4) is 0 Å². The van der Waals surface area contributed by atoms with Crippen LogP contribution in [-0.2, 0) is 4.79 Å². The van der Waals surface area contributed by atoms with Crippen molar-refractivity contribution in [3.8, 4) is 5.75 Å². The molecule has 0 spiro atoms. The lowest BCUT2D eigenvalue weighted by Crippen LogP contribution is -3.11. The molecule has 0 radical (unpaired) electrons. The molecule has 1 aliphatic heterocycles. The first-order valence-electron chi connectivity index (χ1n) is 13.1. The Morgan fingerprint density at radius 2 is 1.71 bits per heavy atom. The van der Waals surface area contributed by atoms with Crippen LogP contribution in [0.5, 0.6) is 5.75 Å². The van der Waals surface area contributed by atoms with Crippen LogP contribution in [0.4, 0.5) is 15.9 Å². The van der Waals surface area contributed by atoms with Crippen molar-refractivity contribution < 1.29 is 13.9 Å². The molecule has 7 heteroatoms. The number of halogens is 1. The largest absolute Gasteiger partial charge is 0.495 e. The Labute approximate surface area is 205 Å². The van der Waals surface area contributed by atoms with E-state index in [1.165, 1.54) is 0 Å². The molecule has 0 atom stereocenters. The second-order valence-electron chi connectivity index (χ2n) is 11.5. The van der Waals surface area contributed by atoms with Crippen molar-refractivity contribution in [3.63, 3.8) is 0 Å². The standard InChI is InChI=1S/C28H31FN4O2/c1-35-18-7-3-2-6-17(18)32-13-10-31(11-14-32)12-15-33(19-8-4-5-9-30-19)26(34)28-23-20-24(28)22-25(28)21(23)27(20,22)16-29/h2-9,20-25H,10-16H2,1H3/i29-1. The Kier molecular flexibility index (Phi) is 3.96. The average Bonchev–Trinajstić information content (AvgIpc) is 2.93. The zero-order chi connectivity index (χ0) is 23.5. The number of aromatic nitrogens is 1. The third-order valence-corrected chi connectivity index (χ3v) is 11.0. The molecule has 6 aliphatic carbocycles. The molecule has 7 fully saturated rings. The molecule has 2 aromatic rings. The van der Waals surface area contributed by atoms with E-state index in [-0.39, 0.29) is 23.4 Å². The predicted molar refractivity (Wildman–Crippen MR) is 130 cm³/mol. The minimum absolute atomic E-state index is 0.0129. The lowest BCUT2D eigenvalue weighted by atomic mass is 8.92. The van der Waals surface area contributed by atoms with Gasteiger partial charge < -0.3 is 9.64 Å². The van der Waals surface area contributed by atoms with Crippen molar-refractivity contribution in [2.45, 2.75) is 0 Å². The second-order valence-corrected chi connectivity index (χ2v) is 11.5. The van der Waals surface area contributed by atoms with Crippen molar-refractivity contribution in [3.05, 3.63) is 48.7 Å². The molecular formula is C28H31FN4O2. The number of hydrogen-bond acceptors (Lipinski definition) is 5. The molecule has 7 aliphatic rings. The fraction of sp³-hybridized carbons (Fsp3) is 0.571. The summed E-state index contributed by atoms with van der Waals surface area (Å²) in [6.45, 7) is 5.11. The van der Waals surface area contributed by atoms with Crippen molar-refractivity contribution >= 4 is 17.4 Å². The number of carbonyl (C=O) groups is 1. The third-order valence-electron chi connectivity index (χ3n) is 11.0. The summed E-state index contributed by atoms with van der Waals surface area (Å²) in [6.07, 6.45) is 1.78. The van der Waals surface area contributed by atoms with Crippen molar-refractivity contribution in [2.24, 2.45) is 46.3 Å². The maximum absolute atomic E-state index is 14.1. The first-order chi connectivity index (χ1) is 17.2. The Hall–Kier alpha value is -2.67. The summed E-state index contributed by atoms with van der Waals surface area (Å²) in [4.78, 5) is 25.4. The smallest absolute Gasteiger partial charge is 0.235 e. The summed E-state index contributed by atoms with van der Waals surface area (Å²) in [5.41, 5.74) is 0.988. The van der Waals surface area contributed by atoms with Gasteiger partial charge in [0.15, 0.2) is 0 Å². The minimum atomic E-state index is -0.170. The SMILES string of the molecule is COc1ccccc1N1CCN(CCN(C(=O)C23C4C5C2C2C3C4C52C[18F])c2ccccn2)CC1. The third kappa shape index (κ3) is 2.06. The highest BCUT2D eigenvalue weighted by molar-refractivity contribution is 6.02. The number of ether oxygens (including phenoxy) is 1. The van der Waals surface area contributed by atoms with Gasteiger partial charge in [-0.3, -0.25) is 19.0 Å². The molecule has 2 heterocycles. The summed E-state index contributed by atoms with van der Waals surface area (Å²) in [5, 5.41) is 0. The van der Waals surface area contributed by atoms with Crippen LogP contribution >= 0.6 is 0 Å². The van der Waals surface area contributed by atoms with Crippen molar-refractivity contribution in [1.82, 2.24) is 9.88 Å². The molecule has 0 N–H and O–H groups in total. The van der Waals surface area contributed by atoms with Crippen molar-refractivity contribution in [2.75, 3.05) is 62.9 Å². The Bertz CT molecular complexity index is 1140. The van der Waals surface area contributed by atoms with Gasteiger partial charge in [-0.1, -0.05) is 18.2 Å². The van der Waals surface area contributed by atoms with Gasteiger partial charge >= 0.3 is 0 Å². The molecule has 1 amide bonds. The minimum Gasteiger partial charge on any atom is -0.495 e. The summed E-state index contributed by atoms with van der Waals surface area (Å²) in [5.74, 6) is 4.85. The maximum atomic E-state index is 14.1. The van der Waals surface area contributed by atoms with E-state index < -0.39 is 0 Å².